The first kappa shape index (κ1) is 14.0. The number of carbonyl (C=O) groups excluding carboxylic acids is 1. The number of hydrogen-bond acceptors (Lipinski definition) is 3. The molecule has 1 saturated carbocycles. The van der Waals surface area contributed by atoms with Crippen molar-refractivity contribution in [1.82, 2.24) is 10.6 Å². The summed E-state index contributed by atoms with van der Waals surface area (Å²) < 4.78 is 0. The number of hydrogen-bond donors (Lipinski definition) is 3. The number of carboxylic acid groups (broad SMARTS) is 1. The molecule has 0 heterocycles. The van der Waals surface area contributed by atoms with Crippen LogP contribution in [0.15, 0.2) is 0 Å². The fourth-order valence-corrected chi connectivity index (χ4v) is 2.06. The first-order chi connectivity index (χ1) is 7.99. The Kier molecular flexibility index (Phi) is 5.41. The Hall–Kier alpha value is -1.10. The van der Waals surface area contributed by atoms with Crippen LogP contribution in [0.25, 0.3) is 0 Å². The molecule has 0 aromatic heterocycles. The molecular weight excluding hydrogens is 220 g/mol. The minimum absolute atomic E-state index is 0.00234. The van der Waals surface area contributed by atoms with Gasteiger partial charge in [0.05, 0.1) is 12.5 Å². The molecule has 1 aliphatic rings. The van der Waals surface area contributed by atoms with Gasteiger partial charge in [-0.1, -0.05) is 13.8 Å². The van der Waals surface area contributed by atoms with Gasteiger partial charge in [0.2, 0.25) is 5.91 Å². The van der Waals surface area contributed by atoms with Crippen molar-refractivity contribution in [3.63, 3.8) is 0 Å². The van der Waals surface area contributed by atoms with Crippen LogP contribution in [0.1, 0.15) is 39.5 Å². The standard InChI is InChI=1S/C12H22N2O3/c1-8(2)13-7-11(15)14-10-5-3-9(4-6-10)12(16)17/h8-10,13H,3-7H2,1-2H3,(H,14,15)(H,16,17). The van der Waals surface area contributed by atoms with E-state index in [4.69, 9.17) is 5.11 Å². The highest BCUT2D eigenvalue weighted by Crippen LogP contribution is 2.24. The molecule has 0 atom stereocenters. The molecule has 17 heavy (non-hydrogen) atoms. The molecule has 0 aromatic carbocycles. The van der Waals surface area contributed by atoms with Crippen molar-refractivity contribution in [3.8, 4) is 0 Å². The first-order valence-electron chi connectivity index (χ1n) is 6.24. The molecule has 1 fully saturated rings. The highest BCUT2D eigenvalue weighted by atomic mass is 16.4. The fraction of sp³-hybridized carbons (Fsp3) is 0.833. The van der Waals surface area contributed by atoms with E-state index in [2.05, 4.69) is 10.6 Å². The third kappa shape index (κ3) is 5.17. The number of carboxylic acids is 1. The highest BCUT2D eigenvalue weighted by Gasteiger charge is 2.26. The zero-order valence-corrected chi connectivity index (χ0v) is 10.5. The Labute approximate surface area is 102 Å². The molecular formula is C12H22N2O3. The van der Waals surface area contributed by atoms with E-state index >= 15 is 0 Å². The Balaban J connectivity index is 2.21. The molecule has 0 saturated heterocycles. The van der Waals surface area contributed by atoms with Crippen LogP contribution in [-0.4, -0.2) is 35.6 Å². The van der Waals surface area contributed by atoms with Gasteiger partial charge in [0.1, 0.15) is 0 Å². The number of carbonyl (C=O) groups is 2. The maximum absolute atomic E-state index is 11.5. The van der Waals surface area contributed by atoms with Crippen LogP contribution in [0.5, 0.6) is 0 Å². The summed E-state index contributed by atoms with van der Waals surface area (Å²) in [4.78, 5) is 22.3. The highest BCUT2D eigenvalue weighted by molar-refractivity contribution is 5.78. The lowest BCUT2D eigenvalue weighted by Gasteiger charge is -2.27. The SMILES string of the molecule is CC(C)NCC(=O)NC1CCC(C(=O)O)CC1. The van der Waals surface area contributed by atoms with Crippen molar-refractivity contribution in [1.29, 1.82) is 0 Å². The summed E-state index contributed by atoms with van der Waals surface area (Å²) in [5.74, 6) is -0.939. The van der Waals surface area contributed by atoms with Gasteiger partial charge < -0.3 is 15.7 Å². The minimum atomic E-state index is -0.712. The smallest absolute Gasteiger partial charge is 0.306 e. The second kappa shape index (κ2) is 6.59. The molecule has 5 heteroatoms. The summed E-state index contributed by atoms with van der Waals surface area (Å²) in [7, 11) is 0. The van der Waals surface area contributed by atoms with Crippen molar-refractivity contribution in [2.45, 2.75) is 51.6 Å². The van der Waals surface area contributed by atoms with Crippen molar-refractivity contribution >= 4 is 11.9 Å². The van der Waals surface area contributed by atoms with Gasteiger partial charge in [0.25, 0.3) is 0 Å². The Morgan fingerprint density at radius 2 is 1.82 bits per heavy atom. The van der Waals surface area contributed by atoms with Crippen LogP contribution in [0.4, 0.5) is 0 Å². The molecule has 0 bridgehead atoms. The van der Waals surface area contributed by atoms with Crippen molar-refractivity contribution in [2.24, 2.45) is 5.92 Å². The van der Waals surface area contributed by atoms with E-state index in [1.165, 1.54) is 0 Å². The molecule has 0 unspecified atom stereocenters. The Bertz CT molecular complexity index is 271. The van der Waals surface area contributed by atoms with Gasteiger partial charge in [0.15, 0.2) is 0 Å². The zero-order chi connectivity index (χ0) is 12.8. The van der Waals surface area contributed by atoms with E-state index in [-0.39, 0.29) is 17.9 Å². The predicted molar refractivity (Wildman–Crippen MR) is 64.7 cm³/mol. The second-order valence-corrected chi connectivity index (χ2v) is 4.99. The quantitative estimate of drug-likeness (QED) is 0.664. The number of amides is 1. The van der Waals surface area contributed by atoms with Gasteiger partial charge in [-0.2, -0.15) is 0 Å². The van der Waals surface area contributed by atoms with Crippen LogP contribution in [0, 0.1) is 5.92 Å². The van der Waals surface area contributed by atoms with Gasteiger partial charge in [-0.15, -0.1) is 0 Å². The summed E-state index contributed by atoms with van der Waals surface area (Å²) in [6.45, 7) is 4.31. The van der Waals surface area contributed by atoms with Gasteiger partial charge in [-0.25, -0.2) is 0 Å². The number of aliphatic carboxylic acids is 1. The third-order valence-electron chi connectivity index (χ3n) is 3.11. The summed E-state index contributed by atoms with van der Waals surface area (Å²) >= 11 is 0. The van der Waals surface area contributed by atoms with E-state index in [1.807, 2.05) is 13.8 Å². The maximum atomic E-state index is 11.5. The average molecular weight is 242 g/mol. The fourth-order valence-electron chi connectivity index (χ4n) is 2.06. The molecule has 0 aliphatic heterocycles. The van der Waals surface area contributed by atoms with E-state index in [9.17, 15) is 9.59 Å². The number of nitrogens with one attached hydrogen (secondary N) is 2. The summed E-state index contributed by atoms with van der Waals surface area (Å²) in [6.07, 6.45) is 2.87. The largest absolute Gasteiger partial charge is 0.481 e. The van der Waals surface area contributed by atoms with E-state index in [0.717, 1.165) is 12.8 Å². The number of rotatable bonds is 5. The molecule has 98 valence electrons. The summed E-state index contributed by atoms with van der Waals surface area (Å²) in [5.41, 5.74) is 0. The van der Waals surface area contributed by atoms with Crippen molar-refractivity contribution in [3.05, 3.63) is 0 Å². The van der Waals surface area contributed by atoms with Gasteiger partial charge in [-0.3, -0.25) is 9.59 Å². The summed E-state index contributed by atoms with van der Waals surface area (Å²) in [5, 5.41) is 14.8. The normalized spacial score (nSPS) is 24.6. The minimum Gasteiger partial charge on any atom is -0.481 e. The lowest BCUT2D eigenvalue weighted by molar-refractivity contribution is -0.142. The molecule has 0 radical (unpaired) electrons. The summed E-state index contributed by atoms with van der Waals surface area (Å²) in [6, 6.07) is 0.440. The van der Waals surface area contributed by atoms with Crippen molar-refractivity contribution < 1.29 is 14.7 Å². The molecule has 1 aliphatic carbocycles. The monoisotopic (exact) mass is 242 g/mol. The molecule has 1 amide bonds. The van der Waals surface area contributed by atoms with Gasteiger partial charge in [0, 0.05) is 12.1 Å². The lowest BCUT2D eigenvalue weighted by atomic mass is 9.86. The Morgan fingerprint density at radius 3 is 2.29 bits per heavy atom. The van der Waals surface area contributed by atoms with Crippen LogP contribution in [0.2, 0.25) is 0 Å². The molecule has 3 N–H and O–H groups in total. The van der Waals surface area contributed by atoms with E-state index in [0.29, 0.717) is 25.4 Å². The molecule has 0 spiro atoms. The lowest BCUT2D eigenvalue weighted by Crippen LogP contribution is -2.43. The zero-order valence-electron chi connectivity index (χ0n) is 10.5. The van der Waals surface area contributed by atoms with Crippen molar-refractivity contribution in [2.75, 3.05) is 6.54 Å². The van der Waals surface area contributed by atoms with E-state index < -0.39 is 5.97 Å². The second-order valence-electron chi connectivity index (χ2n) is 4.99. The van der Waals surface area contributed by atoms with Gasteiger partial charge in [-0.05, 0) is 25.7 Å². The van der Waals surface area contributed by atoms with Gasteiger partial charge >= 0.3 is 5.97 Å². The molecule has 5 nitrogen and oxygen atoms in total. The average Bonchev–Trinajstić information content (AvgIpc) is 2.27. The molecule has 0 aromatic rings. The molecule has 1 rings (SSSR count). The van der Waals surface area contributed by atoms with Crippen LogP contribution >= 0.6 is 0 Å². The topological polar surface area (TPSA) is 78.4 Å². The maximum Gasteiger partial charge on any atom is 0.306 e. The van der Waals surface area contributed by atoms with Crippen LogP contribution in [0.3, 0.4) is 0 Å². The Morgan fingerprint density at radius 1 is 1.24 bits per heavy atom. The van der Waals surface area contributed by atoms with Crippen LogP contribution in [-0.2, 0) is 9.59 Å². The predicted octanol–water partition coefficient (Wildman–Crippen LogP) is 0.744. The van der Waals surface area contributed by atoms with E-state index in [1.54, 1.807) is 0 Å². The first-order valence-corrected chi connectivity index (χ1v) is 6.24. The van der Waals surface area contributed by atoms with Crippen LogP contribution < -0.4 is 10.6 Å². The third-order valence-corrected chi connectivity index (χ3v) is 3.11.